The third-order valence-corrected chi connectivity index (χ3v) is 7.51. The molecule has 0 atom stereocenters. The van der Waals surface area contributed by atoms with Crippen molar-refractivity contribution in [3.8, 4) is 10.6 Å². The van der Waals surface area contributed by atoms with Crippen molar-refractivity contribution in [2.24, 2.45) is 10.7 Å². The highest BCUT2D eigenvalue weighted by Crippen LogP contribution is 2.45. The number of alkyl halides is 2. The van der Waals surface area contributed by atoms with Crippen LogP contribution in [0.25, 0.3) is 10.6 Å². The third kappa shape index (κ3) is 5.34. The highest BCUT2D eigenvalue weighted by atomic mass is 32.1. The number of amides is 1. The van der Waals surface area contributed by atoms with E-state index in [1.54, 1.807) is 35.2 Å². The minimum Gasteiger partial charge on any atom is -0.404 e. The summed E-state index contributed by atoms with van der Waals surface area (Å²) in [5, 5.41) is 3.00. The molecule has 0 aromatic carbocycles. The Labute approximate surface area is 206 Å². The number of halogens is 2. The SMILES string of the molecule is CN=C(C=CN)Nc1nccc(-c2cc3c(s2)C(C)(C)N(CCN2CCOCC(F)(F)C2)C3=O)n1. The van der Waals surface area contributed by atoms with Crippen molar-refractivity contribution in [2.45, 2.75) is 25.3 Å². The van der Waals surface area contributed by atoms with E-state index in [2.05, 4.69) is 20.3 Å². The number of thiophene rings is 1. The lowest BCUT2D eigenvalue weighted by atomic mass is 10.0. The Hall–Kier alpha value is -2.96. The Morgan fingerprint density at radius 2 is 2.20 bits per heavy atom. The molecule has 0 radical (unpaired) electrons. The number of anilines is 1. The molecule has 0 aliphatic carbocycles. The van der Waals surface area contributed by atoms with Gasteiger partial charge >= 0.3 is 0 Å². The number of hydrogen-bond donors (Lipinski definition) is 2. The zero-order valence-electron chi connectivity index (χ0n) is 19.9. The van der Waals surface area contributed by atoms with Crippen LogP contribution in [0, 0.1) is 0 Å². The Bertz CT molecular complexity index is 1150. The quantitative estimate of drug-likeness (QED) is 0.459. The van der Waals surface area contributed by atoms with E-state index in [1.165, 1.54) is 17.5 Å². The molecular weight excluding hydrogens is 476 g/mol. The lowest BCUT2D eigenvalue weighted by Gasteiger charge is -2.34. The van der Waals surface area contributed by atoms with Gasteiger partial charge in [-0.1, -0.05) is 0 Å². The average Bonchev–Trinajstić information content (AvgIpc) is 3.27. The van der Waals surface area contributed by atoms with Gasteiger partial charge in [0, 0.05) is 37.8 Å². The standard InChI is InChI=1S/C23H29F2N7O2S/c1-22(2)19-15(20(33)32(22)9-8-31-10-11-34-14-23(24,25)13-31)12-17(35-19)16-5-7-28-21(29-16)30-18(27-3)4-6-26/h4-7,12H,8-11,13-14,26H2,1-3H3,(H,27,28,29,30). The first kappa shape index (κ1) is 25.1. The van der Waals surface area contributed by atoms with Crippen LogP contribution in [0.2, 0.25) is 0 Å². The maximum absolute atomic E-state index is 13.9. The summed E-state index contributed by atoms with van der Waals surface area (Å²) in [6, 6.07) is 3.63. The average molecular weight is 506 g/mol. The van der Waals surface area contributed by atoms with Gasteiger partial charge in [-0.25, -0.2) is 18.7 Å². The van der Waals surface area contributed by atoms with Crippen LogP contribution in [-0.2, 0) is 10.3 Å². The molecule has 9 nitrogen and oxygen atoms in total. The van der Waals surface area contributed by atoms with E-state index >= 15 is 0 Å². The first-order chi connectivity index (χ1) is 16.6. The lowest BCUT2D eigenvalue weighted by Crippen LogP contribution is -2.46. The van der Waals surface area contributed by atoms with Gasteiger partial charge in [0.25, 0.3) is 11.8 Å². The van der Waals surface area contributed by atoms with E-state index in [0.29, 0.717) is 42.7 Å². The van der Waals surface area contributed by atoms with Gasteiger partial charge in [0.05, 0.1) is 34.8 Å². The Morgan fingerprint density at radius 3 is 2.91 bits per heavy atom. The molecule has 0 saturated carbocycles. The number of nitrogens with zero attached hydrogens (tertiary/aromatic N) is 5. The molecule has 35 heavy (non-hydrogen) atoms. The molecule has 12 heteroatoms. The molecule has 2 aromatic heterocycles. The summed E-state index contributed by atoms with van der Waals surface area (Å²) in [6.07, 6.45) is 4.61. The number of amidine groups is 1. The summed E-state index contributed by atoms with van der Waals surface area (Å²) in [4.78, 5) is 31.4. The molecule has 0 bridgehead atoms. The first-order valence-corrected chi connectivity index (χ1v) is 12.1. The molecule has 3 N–H and O–H groups in total. The van der Waals surface area contributed by atoms with E-state index in [4.69, 9.17) is 10.5 Å². The van der Waals surface area contributed by atoms with Crippen LogP contribution in [0.1, 0.15) is 29.1 Å². The van der Waals surface area contributed by atoms with E-state index in [0.717, 1.165) is 9.75 Å². The Morgan fingerprint density at radius 1 is 1.40 bits per heavy atom. The molecule has 4 rings (SSSR count). The summed E-state index contributed by atoms with van der Waals surface area (Å²) >= 11 is 1.50. The van der Waals surface area contributed by atoms with Crippen LogP contribution < -0.4 is 11.1 Å². The number of carbonyl (C=O) groups excluding carboxylic acids is 1. The van der Waals surface area contributed by atoms with Crippen molar-refractivity contribution in [1.29, 1.82) is 0 Å². The number of hydrogen-bond acceptors (Lipinski definition) is 8. The second-order valence-electron chi connectivity index (χ2n) is 8.91. The van der Waals surface area contributed by atoms with Gasteiger partial charge in [0.1, 0.15) is 12.4 Å². The number of fused-ring (bicyclic) bond motifs is 1. The maximum Gasteiger partial charge on any atom is 0.283 e. The third-order valence-electron chi connectivity index (χ3n) is 6.04. The van der Waals surface area contributed by atoms with Gasteiger partial charge in [0.15, 0.2) is 0 Å². The van der Waals surface area contributed by atoms with Crippen LogP contribution in [0.4, 0.5) is 14.7 Å². The van der Waals surface area contributed by atoms with Gasteiger partial charge in [-0.15, -0.1) is 11.3 Å². The summed E-state index contributed by atoms with van der Waals surface area (Å²) in [5.41, 5.74) is 6.16. The largest absolute Gasteiger partial charge is 0.404 e. The molecule has 2 aliphatic heterocycles. The number of nitrogens with two attached hydrogens (primary N) is 1. The molecular formula is C23H29F2N7O2S. The maximum atomic E-state index is 13.9. The molecule has 2 aliphatic rings. The van der Waals surface area contributed by atoms with Crippen molar-refractivity contribution in [3.63, 3.8) is 0 Å². The van der Waals surface area contributed by atoms with Gasteiger partial charge in [-0.3, -0.25) is 14.7 Å². The molecule has 1 fully saturated rings. The second-order valence-corrected chi connectivity index (χ2v) is 9.96. The number of rotatable bonds is 6. The van der Waals surface area contributed by atoms with Crippen LogP contribution >= 0.6 is 11.3 Å². The molecule has 0 unspecified atom stereocenters. The van der Waals surface area contributed by atoms with Crippen LogP contribution in [-0.4, -0.2) is 83.9 Å². The van der Waals surface area contributed by atoms with Gasteiger partial charge in [-0.2, -0.15) is 0 Å². The van der Waals surface area contributed by atoms with E-state index in [9.17, 15) is 13.6 Å². The molecule has 188 valence electrons. The Balaban J connectivity index is 1.50. The monoisotopic (exact) mass is 505 g/mol. The molecule has 1 saturated heterocycles. The summed E-state index contributed by atoms with van der Waals surface area (Å²) in [6.45, 7) is 4.42. The van der Waals surface area contributed by atoms with E-state index in [-0.39, 0.29) is 19.1 Å². The first-order valence-electron chi connectivity index (χ1n) is 11.2. The van der Waals surface area contributed by atoms with Crippen molar-refractivity contribution in [3.05, 3.63) is 41.0 Å². The predicted molar refractivity (Wildman–Crippen MR) is 132 cm³/mol. The number of aromatic nitrogens is 2. The van der Waals surface area contributed by atoms with Crippen molar-refractivity contribution in [1.82, 2.24) is 19.8 Å². The number of nitrogens with one attached hydrogen (secondary N) is 1. The van der Waals surface area contributed by atoms with Crippen LogP contribution in [0.5, 0.6) is 0 Å². The topological polar surface area (TPSA) is 109 Å². The fourth-order valence-electron chi connectivity index (χ4n) is 4.27. The van der Waals surface area contributed by atoms with Crippen molar-refractivity contribution < 1.29 is 18.3 Å². The summed E-state index contributed by atoms with van der Waals surface area (Å²) in [7, 11) is 1.63. The Kier molecular flexibility index (Phi) is 7.15. The minimum atomic E-state index is -2.88. The zero-order valence-corrected chi connectivity index (χ0v) is 20.7. The normalized spacial score (nSPS) is 20.3. The van der Waals surface area contributed by atoms with Crippen molar-refractivity contribution >= 4 is 29.0 Å². The van der Waals surface area contributed by atoms with Crippen LogP contribution in [0.15, 0.2) is 35.6 Å². The molecule has 0 spiro atoms. The van der Waals surface area contributed by atoms with Gasteiger partial charge < -0.3 is 20.7 Å². The molecule has 2 aromatic rings. The van der Waals surface area contributed by atoms with Crippen LogP contribution in [0.3, 0.4) is 0 Å². The highest BCUT2D eigenvalue weighted by Gasteiger charge is 2.45. The number of ether oxygens (including phenoxy) is 1. The highest BCUT2D eigenvalue weighted by molar-refractivity contribution is 7.16. The lowest BCUT2D eigenvalue weighted by molar-refractivity contribution is -0.0687. The van der Waals surface area contributed by atoms with Crippen molar-refractivity contribution in [2.75, 3.05) is 51.8 Å². The van der Waals surface area contributed by atoms with E-state index < -0.39 is 18.1 Å². The fourth-order valence-corrected chi connectivity index (χ4v) is 5.50. The van der Waals surface area contributed by atoms with Gasteiger partial charge in [0.2, 0.25) is 5.95 Å². The molecule has 4 heterocycles. The minimum absolute atomic E-state index is 0.105. The second kappa shape index (κ2) is 9.96. The fraction of sp³-hybridized carbons (Fsp3) is 0.478. The smallest absolute Gasteiger partial charge is 0.283 e. The number of carbonyl (C=O) groups is 1. The van der Waals surface area contributed by atoms with E-state index in [1.807, 2.05) is 19.9 Å². The number of aliphatic imine (C=N–C) groups is 1. The summed E-state index contributed by atoms with van der Waals surface area (Å²) in [5.74, 6) is -2.12. The predicted octanol–water partition coefficient (Wildman–Crippen LogP) is 2.78. The zero-order chi connectivity index (χ0) is 25.2. The summed E-state index contributed by atoms with van der Waals surface area (Å²) < 4.78 is 32.8. The molecule has 1 amide bonds. The van der Waals surface area contributed by atoms with Gasteiger partial charge in [-0.05, 0) is 38.3 Å².